The van der Waals surface area contributed by atoms with E-state index in [1.807, 2.05) is 17.5 Å². The molecule has 0 saturated heterocycles. The number of carboxylic acid groups (broad SMARTS) is 1. The molecule has 0 spiro atoms. The summed E-state index contributed by atoms with van der Waals surface area (Å²) >= 11 is 1.57. The van der Waals surface area contributed by atoms with Crippen molar-refractivity contribution >= 4 is 23.2 Å². The average Bonchev–Trinajstić information content (AvgIpc) is 3.15. The predicted molar refractivity (Wildman–Crippen MR) is 80.3 cm³/mol. The summed E-state index contributed by atoms with van der Waals surface area (Å²) in [5.74, 6) is -1.11. The first-order valence-electron chi connectivity index (χ1n) is 6.90. The van der Waals surface area contributed by atoms with Gasteiger partial charge in [0.2, 0.25) is 5.91 Å². The molecule has 1 aliphatic rings. The number of carboxylic acids is 1. The second-order valence-corrected chi connectivity index (χ2v) is 6.18. The highest BCUT2D eigenvalue weighted by molar-refractivity contribution is 7.09. The number of imidazole rings is 1. The summed E-state index contributed by atoms with van der Waals surface area (Å²) in [6.07, 6.45) is 1.87. The molecule has 22 heavy (non-hydrogen) atoms. The quantitative estimate of drug-likeness (QED) is 0.749. The fraction of sp³-hybridized carbons (Fsp3) is 0.357. The van der Waals surface area contributed by atoms with Crippen LogP contribution in [0.25, 0.3) is 0 Å². The fourth-order valence-corrected chi connectivity index (χ4v) is 3.18. The molecule has 3 N–H and O–H groups in total. The molecule has 0 aliphatic carbocycles. The summed E-state index contributed by atoms with van der Waals surface area (Å²) in [6.45, 7) is 0.914. The van der Waals surface area contributed by atoms with Gasteiger partial charge < -0.3 is 15.4 Å². The summed E-state index contributed by atoms with van der Waals surface area (Å²) < 4.78 is 0. The predicted octanol–water partition coefficient (Wildman–Crippen LogP) is 0.599. The zero-order valence-corrected chi connectivity index (χ0v) is 12.6. The maximum Gasteiger partial charge on any atom is 0.321 e. The van der Waals surface area contributed by atoms with E-state index in [4.69, 9.17) is 0 Å². The lowest BCUT2D eigenvalue weighted by Crippen LogP contribution is -2.49. The molecule has 0 radical (unpaired) electrons. The molecule has 3 rings (SSSR count). The number of aliphatic carboxylic acids is 1. The molecule has 1 unspecified atom stereocenters. The van der Waals surface area contributed by atoms with Crippen LogP contribution in [0.15, 0.2) is 23.8 Å². The number of nitrogens with zero attached hydrogens (tertiary/aromatic N) is 2. The Morgan fingerprint density at radius 2 is 2.41 bits per heavy atom. The highest BCUT2D eigenvalue weighted by Crippen LogP contribution is 2.20. The van der Waals surface area contributed by atoms with Crippen molar-refractivity contribution in [3.8, 4) is 0 Å². The first-order valence-corrected chi connectivity index (χ1v) is 7.78. The van der Waals surface area contributed by atoms with Crippen molar-refractivity contribution in [3.63, 3.8) is 0 Å². The molecule has 1 atom stereocenters. The number of hydrogen-bond acceptors (Lipinski definition) is 5. The molecular weight excluding hydrogens is 304 g/mol. The third-order valence-corrected chi connectivity index (χ3v) is 4.54. The molecule has 0 aromatic carbocycles. The van der Waals surface area contributed by atoms with Gasteiger partial charge in [0.05, 0.1) is 30.8 Å². The van der Waals surface area contributed by atoms with Gasteiger partial charge in [0.25, 0.3) is 0 Å². The second-order valence-electron chi connectivity index (χ2n) is 5.15. The summed E-state index contributed by atoms with van der Waals surface area (Å²) in [5, 5.41) is 14.1. The smallest absolute Gasteiger partial charge is 0.321 e. The van der Waals surface area contributed by atoms with Gasteiger partial charge in [0, 0.05) is 17.8 Å². The van der Waals surface area contributed by atoms with Crippen LogP contribution in [-0.4, -0.2) is 44.4 Å². The third-order valence-electron chi connectivity index (χ3n) is 3.67. The van der Waals surface area contributed by atoms with Gasteiger partial charge in [-0.05, 0) is 11.4 Å². The molecule has 3 heterocycles. The van der Waals surface area contributed by atoms with E-state index in [1.165, 1.54) is 0 Å². The number of amides is 1. The average molecular weight is 320 g/mol. The number of rotatable bonds is 5. The summed E-state index contributed by atoms with van der Waals surface area (Å²) in [4.78, 5) is 33.3. The van der Waals surface area contributed by atoms with E-state index in [0.29, 0.717) is 19.5 Å². The standard InChI is InChI=1S/C14H16N4O3S/c19-13(15-5-9-2-1-3-22-9)7-18-6-11-10(16-8-17-11)4-12(18)14(20)21/h1-3,8,12H,4-7H2,(H,15,19)(H,16,17)(H,20,21). The Labute approximate surface area is 131 Å². The van der Waals surface area contributed by atoms with Gasteiger partial charge in [-0.2, -0.15) is 0 Å². The van der Waals surface area contributed by atoms with E-state index in [-0.39, 0.29) is 12.5 Å². The number of fused-ring (bicyclic) bond motifs is 1. The molecule has 0 fully saturated rings. The molecule has 2 aromatic rings. The molecule has 1 amide bonds. The largest absolute Gasteiger partial charge is 0.480 e. The molecule has 0 bridgehead atoms. The minimum atomic E-state index is -0.931. The lowest BCUT2D eigenvalue weighted by Gasteiger charge is -2.31. The third kappa shape index (κ3) is 3.18. The Morgan fingerprint density at radius 1 is 1.55 bits per heavy atom. The Bertz CT molecular complexity index is 667. The van der Waals surface area contributed by atoms with Gasteiger partial charge in [0.1, 0.15) is 6.04 Å². The molecule has 7 nitrogen and oxygen atoms in total. The number of aromatic amines is 1. The highest BCUT2D eigenvalue weighted by atomic mass is 32.1. The Hall–Kier alpha value is -2.19. The fourth-order valence-electron chi connectivity index (χ4n) is 2.54. The molecule has 1 aliphatic heterocycles. The first-order chi connectivity index (χ1) is 10.6. The van der Waals surface area contributed by atoms with Crippen molar-refractivity contribution in [2.75, 3.05) is 6.54 Å². The number of carbonyl (C=O) groups excluding carboxylic acids is 1. The van der Waals surface area contributed by atoms with Crippen molar-refractivity contribution in [2.24, 2.45) is 0 Å². The number of hydrogen-bond donors (Lipinski definition) is 3. The van der Waals surface area contributed by atoms with E-state index in [2.05, 4.69) is 15.3 Å². The van der Waals surface area contributed by atoms with Crippen LogP contribution in [0.4, 0.5) is 0 Å². The SMILES string of the molecule is O=C(CN1Cc2[nH]cnc2CC1C(=O)O)NCc1cccs1. The Balaban J connectivity index is 1.62. The molecule has 2 aromatic heterocycles. The second kappa shape index (κ2) is 6.29. The molecule has 116 valence electrons. The van der Waals surface area contributed by atoms with Gasteiger partial charge in [0.15, 0.2) is 0 Å². The monoisotopic (exact) mass is 320 g/mol. The molecule has 0 saturated carbocycles. The lowest BCUT2D eigenvalue weighted by atomic mass is 10.0. The van der Waals surface area contributed by atoms with Gasteiger partial charge >= 0.3 is 5.97 Å². The maximum atomic E-state index is 12.1. The summed E-state index contributed by atoms with van der Waals surface area (Å²) in [7, 11) is 0. The Morgan fingerprint density at radius 3 is 3.14 bits per heavy atom. The zero-order chi connectivity index (χ0) is 15.5. The van der Waals surface area contributed by atoms with Gasteiger partial charge in [-0.3, -0.25) is 14.5 Å². The lowest BCUT2D eigenvalue weighted by molar-refractivity contribution is -0.144. The number of nitrogens with one attached hydrogen (secondary N) is 2. The van der Waals surface area contributed by atoms with Crippen LogP contribution < -0.4 is 5.32 Å². The van der Waals surface area contributed by atoms with Crippen LogP contribution >= 0.6 is 11.3 Å². The number of aromatic nitrogens is 2. The first kappa shape index (κ1) is 14.7. The van der Waals surface area contributed by atoms with Gasteiger partial charge in [-0.1, -0.05) is 6.07 Å². The molecule has 8 heteroatoms. The van der Waals surface area contributed by atoms with Gasteiger partial charge in [-0.15, -0.1) is 11.3 Å². The zero-order valence-electron chi connectivity index (χ0n) is 11.8. The minimum Gasteiger partial charge on any atom is -0.480 e. The summed E-state index contributed by atoms with van der Waals surface area (Å²) in [5.41, 5.74) is 1.64. The number of thiophene rings is 1. The Kier molecular flexibility index (Phi) is 4.21. The van der Waals surface area contributed by atoms with Gasteiger partial charge in [-0.25, -0.2) is 4.98 Å². The van der Waals surface area contributed by atoms with Crippen molar-refractivity contribution in [3.05, 3.63) is 40.1 Å². The van der Waals surface area contributed by atoms with Crippen LogP contribution in [0, 0.1) is 0 Å². The van der Waals surface area contributed by atoms with Crippen LogP contribution in [0.3, 0.4) is 0 Å². The van der Waals surface area contributed by atoms with Crippen molar-refractivity contribution in [1.29, 1.82) is 0 Å². The normalized spacial score (nSPS) is 17.9. The van der Waals surface area contributed by atoms with E-state index in [1.54, 1.807) is 22.6 Å². The van der Waals surface area contributed by atoms with Crippen LogP contribution in [0.2, 0.25) is 0 Å². The van der Waals surface area contributed by atoms with Crippen molar-refractivity contribution in [1.82, 2.24) is 20.2 Å². The van der Waals surface area contributed by atoms with E-state index >= 15 is 0 Å². The molecular formula is C14H16N4O3S. The maximum absolute atomic E-state index is 12.1. The highest BCUT2D eigenvalue weighted by Gasteiger charge is 2.33. The van der Waals surface area contributed by atoms with Crippen LogP contribution in [0.1, 0.15) is 16.3 Å². The van der Waals surface area contributed by atoms with Crippen molar-refractivity contribution < 1.29 is 14.7 Å². The topological polar surface area (TPSA) is 98.3 Å². The summed E-state index contributed by atoms with van der Waals surface area (Å²) in [6, 6.07) is 3.16. The van der Waals surface area contributed by atoms with Crippen LogP contribution in [-0.2, 0) is 29.1 Å². The van der Waals surface area contributed by atoms with E-state index in [0.717, 1.165) is 16.3 Å². The van der Waals surface area contributed by atoms with Crippen molar-refractivity contribution in [2.45, 2.75) is 25.6 Å². The van der Waals surface area contributed by atoms with E-state index < -0.39 is 12.0 Å². The minimum absolute atomic E-state index is 0.0564. The van der Waals surface area contributed by atoms with Crippen LogP contribution in [0.5, 0.6) is 0 Å². The number of H-pyrrole nitrogens is 1. The van der Waals surface area contributed by atoms with E-state index in [9.17, 15) is 14.7 Å². The number of carbonyl (C=O) groups is 2.